The van der Waals surface area contributed by atoms with Gasteiger partial charge in [-0.25, -0.2) is 9.59 Å². The Morgan fingerprint density at radius 2 is 1.88 bits per heavy atom. The summed E-state index contributed by atoms with van der Waals surface area (Å²) >= 11 is 0. The number of nitrogens with zero attached hydrogens (tertiary/aromatic N) is 2. The molecular formula is C32H46N4O12. The van der Waals surface area contributed by atoms with Crippen LogP contribution in [0.25, 0.3) is 0 Å². The molecule has 0 radical (unpaired) electrons. The van der Waals surface area contributed by atoms with Gasteiger partial charge in [0, 0.05) is 31.3 Å². The van der Waals surface area contributed by atoms with Gasteiger partial charge in [0.15, 0.2) is 12.2 Å². The fourth-order valence-electron chi connectivity index (χ4n) is 6.07. The number of aliphatic carboxylic acids is 1. The van der Waals surface area contributed by atoms with Crippen LogP contribution in [0, 0.1) is 11.8 Å². The minimum absolute atomic E-state index is 0.0347. The molecule has 16 nitrogen and oxygen atoms in total. The Morgan fingerprint density at radius 1 is 1.15 bits per heavy atom. The van der Waals surface area contributed by atoms with Crippen molar-refractivity contribution >= 4 is 17.9 Å². The van der Waals surface area contributed by atoms with Gasteiger partial charge in [-0.3, -0.25) is 4.99 Å². The fraction of sp³-hybridized carbons (Fsp3) is 0.594. The zero-order valence-corrected chi connectivity index (χ0v) is 26.8. The first kappa shape index (κ1) is 37.1. The molecule has 9 N–H and O–H groups in total. The van der Waals surface area contributed by atoms with E-state index in [0.29, 0.717) is 5.57 Å². The lowest BCUT2D eigenvalue weighted by Gasteiger charge is -2.42. The number of carbonyl (C=O) groups excluding carboxylic acids is 1. The Bertz CT molecular complexity index is 1320. The summed E-state index contributed by atoms with van der Waals surface area (Å²) in [6.07, 6.45) is 2.55. The summed E-state index contributed by atoms with van der Waals surface area (Å²) < 4.78 is 23.1. The van der Waals surface area contributed by atoms with Crippen molar-refractivity contribution in [2.75, 3.05) is 33.4 Å². The maximum absolute atomic E-state index is 13.6. The van der Waals surface area contributed by atoms with E-state index in [2.05, 4.69) is 16.9 Å². The molecule has 1 aliphatic carbocycles. The summed E-state index contributed by atoms with van der Waals surface area (Å²) in [4.78, 5) is 31.4. The number of carboxylic acid groups (broad SMARTS) is 1. The van der Waals surface area contributed by atoms with Crippen molar-refractivity contribution in [3.63, 3.8) is 0 Å². The number of esters is 1. The van der Waals surface area contributed by atoms with Crippen LogP contribution in [0.3, 0.4) is 0 Å². The highest BCUT2D eigenvalue weighted by Crippen LogP contribution is 2.37. The molecule has 1 saturated carbocycles. The predicted molar refractivity (Wildman–Crippen MR) is 169 cm³/mol. The molecule has 2 fully saturated rings. The third-order valence-corrected chi connectivity index (χ3v) is 8.76. The molecule has 4 aliphatic rings. The van der Waals surface area contributed by atoms with E-state index in [1.807, 2.05) is 0 Å². The summed E-state index contributed by atoms with van der Waals surface area (Å²) in [7, 11) is 1.44. The monoisotopic (exact) mass is 678 g/mol. The maximum Gasteiger partial charge on any atom is 0.338 e. The predicted octanol–water partition coefficient (Wildman–Crippen LogP) is -1.04. The molecule has 0 aromatic heterocycles. The van der Waals surface area contributed by atoms with Crippen LogP contribution in [0.2, 0.25) is 0 Å². The number of hydrogen-bond donors (Lipinski definition) is 8. The summed E-state index contributed by atoms with van der Waals surface area (Å²) in [5, 5.41) is 63.1. The lowest BCUT2D eigenvalue weighted by molar-refractivity contribution is -0.338. The molecule has 4 rings (SSSR count). The molecule has 0 amide bonds. The molecule has 0 aromatic carbocycles. The number of aliphatic imine (C=N–C) groups is 1. The first-order valence-corrected chi connectivity index (χ1v) is 15.9. The van der Waals surface area contributed by atoms with E-state index in [9.17, 15) is 40.2 Å². The van der Waals surface area contributed by atoms with Crippen LogP contribution in [0.1, 0.15) is 32.1 Å². The average Bonchev–Trinajstić information content (AvgIpc) is 3.08. The van der Waals surface area contributed by atoms with Gasteiger partial charge in [0.05, 0.1) is 48.8 Å². The molecule has 48 heavy (non-hydrogen) atoms. The topological polar surface area (TPSA) is 246 Å². The van der Waals surface area contributed by atoms with Gasteiger partial charge >= 0.3 is 11.9 Å². The van der Waals surface area contributed by atoms with E-state index in [1.165, 1.54) is 19.4 Å². The number of nitrogens with two attached hydrogens (primary N) is 1. The minimum Gasteiger partial charge on any atom is -0.478 e. The van der Waals surface area contributed by atoms with Crippen LogP contribution < -0.4 is 11.1 Å². The number of nitrogens with one attached hydrogen (secondary N) is 1. The maximum atomic E-state index is 13.6. The number of allylic oxidation sites excluding steroid dienone is 2. The fourth-order valence-corrected chi connectivity index (χ4v) is 6.07. The molecule has 3 aliphatic heterocycles. The third-order valence-electron chi connectivity index (χ3n) is 8.76. The molecule has 0 aromatic rings. The van der Waals surface area contributed by atoms with Gasteiger partial charge in [0.25, 0.3) is 0 Å². The number of guanidine groups is 1. The van der Waals surface area contributed by atoms with E-state index in [4.69, 9.17) is 24.7 Å². The highest BCUT2D eigenvalue weighted by atomic mass is 16.8. The molecular weight excluding hydrogens is 632 g/mol. The lowest BCUT2D eigenvalue weighted by atomic mass is 9.83. The van der Waals surface area contributed by atoms with Gasteiger partial charge in [0.1, 0.15) is 30.5 Å². The Labute approximate surface area is 278 Å². The van der Waals surface area contributed by atoms with E-state index in [-0.39, 0.29) is 48.6 Å². The Kier molecular flexibility index (Phi) is 13.2. The molecule has 1 saturated heterocycles. The second kappa shape index (κ2) is 17.1. The van der Waals surface area contributed by atoms with Crippen molar-refractivity contribution in [3.05, 3.63) is 59.7 Å². The zero-order valence-electron chi connectivity index (χ0n) is 26.8. The summed E-state index contributed by atoms with van der Waals surface area (Å²) in [6, 6.07) is 0. The number of aliphatic hydroxyl groups is 5. The van der Waals surface area contributed by atoms with Crippen molar-refractivity contribution < 1.29 is 59.2 Å². The van der Waals surface area contributed by atoms with E-state index >= 15 is 0 Å². The minimum atomic E-state index is -1.71. The van der Waals surface area contributed by atoms with Gasteiger partial charge in [-0.2, -0.15) is 0 Å². The average molecular weight is 679 g/mol. The van der Waals surface area contributed by atoms with Crippen molar-refractivity contribution in [2.45, 2.75) is 75.2 Å². The van der Waals surface area contributed by atoms with Crippen LogP contribution >= 0.6 is 0 Å². The Morgan fingerprint density at radius 3 is 2.50 bits per heavy atom. The number of ether oxygens (including phenoxy) is 4. The smallest absolute Gasteiger partial charge is 0.338 e. The standard InChI is InChI=1S/C32H46N4O12/c1-3-19-20(10-9-17-13-36(11-12-37)14-21(28(42)43)24(17)35-32(33)34-2)22(29(44)46-18-7-5-4-6-8-18)16-45-30(19)48-31-27(41)26(40)25(39)23(15-38)47-31/h3,9-10,13,16,18-20,23,25-27,30-31,37-41H,1,4-8,11-12,14-15H2,2H3,(H,42,43)(H3,33,34,35)/b10-9+/t19-,20+,23-,25-,26+,27-,30+,31+/m1/s1. The summed E-state index contributed by atoms with van der Waals surface area (Å²) in [6.45, 7) is 3.11. The van der Waals surface area contributed by atoms with Crippen LogP contribution in [0.4, 0.5) is 0 Å². The number of carbonyl (C=O) groups is 2. The normalized spacial score (nSPS) is 32.0. The Hall–Kier alpha value is -3.77. The second-order valence-corrected chi connectivity index (χ2v) is 11.9. The lowest BCUT2D eigenvalue weighted by Crippen LogP contribution is -2.60. The first-order valence-electron chi connectivity index (χ1n) is 15.9. The van der Waals surface area contributed by atoms with E-state index < -0.39 is 67.4 Å². The van der Waals surface area contributed by atoms with Gasteiger partial charge in [-0.05, 0) is 25.7 Å². The highest BCUT2D eigenvalue weighted by molar-refractivity contribution is 5.92. The van der Waals surface area contributed by atoms with Crippen LogP contribution in [0.15, 0.2) is 64.7 Å². The second-order valence-electron chi connectivity index (χ2n) is 11.9. The van der Waals surface area contributed by atoms with Crippen molar-refractivity contribution in [1.82, 2.24) is 10.2 Å². The van der Waals surface area contributed by atoms with Gasteiger partial charge in [-0.1, -0.05) is 24.6 Å². The zero-order chi connectivity index (χ0) is 35.0. The molecule has 0 unspecified atom stereocenters. The molecule has 8 atom stereocenters. The number of aliphatic hydroxyl groups excluding tert-OH is 5. The van der Waals surface area contributed by atoms with Crippen molar-refractivity contribution in [2.24, 2.45) is 22.6 Å². The quantitative estimate of drug-likeness (QED) is 0.0532. The number of rotatable bonds is 12. The van der Waals surface area contributed by atoms with Gasteiger partial charge in [-0.15, -0.1) is 6.58 Å². The number of hydrogen-bond acceptors (Lipinski definition) is 13. The van der Waals surface area contributed by atoms with Gasteiger partial charge < -0.3 is 65.5 Å². The largest absolute Gasteiger partial charge is 0.478 e. The number of β-amino-alcohol motifs (C(OH)–C–C–N with tert-alkyl or cyclic N) is 1. The Balaban J connectivity index is 1.71. The first-order chi connectivity index (χ1) is 23.0. The molecule has 16 heteroatoms. The van der Waals surface area contributed by atoms with E-state index in [0.717, 1.165) is 32.1 Å². The number of carboxylic acids is 1. The third kappa shape index (κ3) is 8.63. The summed E-state index contributed by atoms with van der Waals surface area (Å²) in [5.41, 5.74) is 6.50. The molecule has 3 heterocycles. The molecule has 0 bridgehead atoms. The van der Waals surface area contributed by atoms with Crippen LogP contribution in [0.5, 0.6) is 0 Å². The van der Waals surface area contributed by atoms with Gasteiger partial charge in [0.2, 0.25) is 6.29 Å². The highest BCUT2D eigenvalue weighted by Gasteiger charge is 2.47. The van der Waals surface area contributed by atoms with Crippen molar-refractivity contribution in [3.8, 4) is 0 Å². The van der Waals surface area contributed by atoms with Crippen molar-refractivity contribution in [1.29, 1.82) is 0 Å². The van der Waals surface area contributed by atoms with Crippen LogP contribution in [-0.4, -0.2) is 130 Å². The SMILES string of the molecule is C=C[C@H]1[C@H](O[C@@H]2O[C@H](CO)[C@@H](O)[C@H](O)[C@H]2O)OC=C(C(=O)OC2CCCCC2)[C@H]1/C=C/C1=CN(CCO)CC(C(=O)O)=C1NC(N)=NC. The molecule has 0 spiro atoms. The molecule has 266 valence electrons. The van der Waals surface area contributed by atoms with Crippen LogP contribution in [-0.2, 0) is 28.5 Å². The summed E-state index contributed by atoms with van der Waals surface area (Å²) in [5.74, 6) is -3.58. The van der Waals surface area contributed by atoms with E-state index in [1.54, 1.807) is 23.3 Å².